The van der Waals surface area contributed by atoms with Crippen molar-refractivity contribution in [1.82, 2.24) is 20.4 Å². The number of likely N-dealkylation sites (N-methyl/N-ethyl adjacent to an activating group) is 2. The highest BCUT2D eigenvalue weighted by Gasteiger charge is 2.18. The third kappa shape index (κ3) is 5.79. The summed E-state index contributed by atoms with van der Waals surface area (Å²) < 4.78 is 13.5. The van der Waals surface area contributed by atoms with E-state index in [1.165, 1.54) is 17.0 Å². The van der Waals surface area contributed by atoms with Crippen molar-refractivity contribution >= 4 is 17.4 Å². The second kappa shape index (κ2) is 9.66. The number of benzene rings is 1. The van der Waals surface area contributed by atoms with Crippen LogP contribution in [0.4, 0.5) is 9.18 Å². The van der Waals surface area contributed by atoms with E-state index in [0.29, 0.717) is 13.1 Å². The molecule has 0 aliphatic rings. The van der Waals surface area contributed by atoms with Crippen LogP contribution in [-0.4, -0.2) is 57.1 Å². The van der Waals surface area contributed by atoms with Crippen LogP contribution in [0.2, 0.25) is 0 Å². The van der Waals surface area contributed by atoms with Crippen molar-refractivity contribution in [3.05, 3.63) is 58.0 Å². The fraction of sp³-hybridized carbons (Fsp3) is 0.421. The lowest BCUT2D eigenvalue weighted by Crippen LogP contribution is -2.43. The minimum absolute atomic E-state index is 0.0987. The summed E-state index contributed by atoms with van der Waals surface area (Å²) in [5.41, 5.74) is 0.833. The summed E-state index contributed by atoms with van der Waals surface area (Å²) in [7, 11) is 7.81. The van der Waals surface area contributed by atoms with E-state index in [-0.39, 0.29) is 23.9 Å². The highest BCUT2D eigenvalue weighted by atomic mass is 32.1. The van der Waals surface area contributed by atoms with Crippen LogP contribution in [0.3, 0.4) is 0 Å². The maximum atomic E-state index is 13.5. The monoisotopic (exact) mass is 378 g/mol. The normalized spacial score (nSPS) is 13.7. The molecule has 2 unspecified atom stereocenters. The molecule has 142 valence electrons. The molecule has 2 rings (SSSR count). The summed E-state index contributed by atoms with van der Waals surface area (Å²) in [6, 6.07) is 10.4. The number of carbonyl (C=O) groups excluding carboxylic acids is 1. The van der Waals surface area contributed by atoms with Gasteiger partial charge in [-0.25, -0.2) is 9.18 Å². The molecule has 26 heavy (non-hydrogen) atoms. The Morgan fingerprint density at radius 2 is 1.69 bits per heavy atom. The molecule has 5 nitrogen and oxygen atoms in total. The number of nitrogens with one attached hydrogen (secondary N) is 2. The number of hydrogen-bond donors (Lipinski definition) is 2. The SMILES string of the molecule is CN(C)C(CNC(=O)NCC(c1cccs1)N(C)C)c1cccc(F)c1. The Labute approximate surface area is 158 Å². The maximum Gasteiger partial charge on any atom is 0.314 e. The number of thiophene rings is 1. The average molecular weight is 379 g/mol. The van der Waals surface area contributed by atoms with E-state index >= 15 is 0 Å². The molecule has 7 heteroatoms. The number of hydrogen-bond acceptors (Lipinski definition) is 4. The lowest BCUT2D eigenvalue weighted by atomic mass is 10.1. The second-order valence-electron chi connectivity index (χ2n) is 6.62. The van der Waals surface area contributed by atoms with Gasteiger partial charge in [0, 0.05) is 18.0 Å². The Balaban J connectivity index is 1.90. The van der Waals surface area contributed by atoms with Crippen molar-refractivity contribution in [1.29, 1.82) is 0 Å². The molecule has 0 fully saturated rings. The Morgan fingerprint density at radius 3 is 2.23 bits per heavy atom. The molecule has 0 aliphatic heterocycles. The van der Waals surface area contributed by atoms with Crippen molar-refractivity contribution < 1.29 is 9.18 Å². The van der Waals surface area contributed by atoms with Gasteiger partial charge in [0.25, 0.3) is 0 Å². The van der Waals surface area contributed by atoms with E-state index in [1.807, 2.05) is 50.6 Å². The molecule has 1 aromatic carbocycles. The Morgan fingerprint density at radius 1 is 1.04 bits per heavy atom. The van der Waals surface area contributed by atoms with Crippen LogP contribution in [0.5, 0.6) is 0 Å². The number of amides is 2. The van der Waals surface area contributed by atoms with Crippen LogP contribution in [0.25, 0.3) is 0 Å². The third-order valence-corrected chi connectivity index (χ3v) is 5.24. The average Bonchev–Trinajstić information content (AvgIpc) is 3.09. The predicted octanol–water partition coefficient (Wildman–Crippen LogP) is 3.09. The molecule has 2 atom stereocenters. The van der Waals surface area contributed by atoms with E-state index in [1.54, 1.807) is 17.4 Å². The minimum Gasteiger partial charge on any atom is -0.336 e. The molecular weight excluding hydrogens is 351 g/mol. The van der Waals surface area contributed by atoms with Crippen molar-refractivity contribution in [3.63, 3.8) is 0 Å². The number of urea groups is 1. The van der Waals surface area contributed by atoms with Crippen LogP contribution in [0, 0.1) is 5.82 Å². The van der Waals surface area contributed by atoms with Crippen molar-refractivity contribution in [2.75, 3.05) is 41.3 Å². The molecule has 1 aromatic heterocycles. The minimum atomic E-state index is -0.274. The first kappa shape index (κ1) is 20.4. The smallest absolute Gasteiger partial charge is 0.314 e. The number of nitrogens with zero attached hydrogens (tertiary/aromatic N) is 2. The standard InChI is InChI=1S/C19H27FN4OS/c1-23(2)16(14-7-5-8-15(20)11-14)12-21-19(25)22-13-17(24(3)4)18-9-6-10-26-18/h5-11,16-17H,12-13H2,1-4H3,(H2,21,22,25). The van der Waals surface area contributed by atoms with E-state index in [2.05, 4.69) is 21.6 Å². The van der Waals surface area contributed by atoms with Gasteiger partial charge in [0.15, 0.2) is 0 Å². The molecule has 2 aromatic rings. The van der Waals surface area contributed by atoms with Gasteiger partial charge in [-0.1, -0.05) is 18.2 Å². The zero-order valence-corrected chi connectivity index (χ0v) is 16.5. The van der Waals surface area contributed by atoms with Gasteiger partial charge < -0.3 is 20.4 Å². The molecular formula is C19H27FN4OS. The van der Waals surface area contributed by atoms with Crippen LogP contribution < -0.4 is 10.6 Å². The predicted molar refractivity (Wildman–Crippen MR) is 105 cm³/mol. The number of halogens is 1. The first-order chi connectivity index (χ1) is 12.4. The van der Waals surface area contributed by atoms with E-state index < -0.39 is 0 Å². The van der Waals surface area contributed by atoms with Gasteiger partial charge in [-0.3, -0.25) is 0 Å². The molecule has 0 saturated carbocycles. The molecule has 0 saturated heterocycles. The topological polar surface area (TPSA) is 47.6 Å². The van der Waals surface area contributed by atoms with Gasteiger partial charge >= 0.3 is 6.03 Å². The van der Waals surface area contributed by atoms with Gasteiger partial charge in [0.05, 0.1) is 12.1 Å². The molecule has 0 spiro atoms. The lowest BCUT2D eigenvalue weighted by molar-refractivity contribution is 0.226. The summed E-state index contributed by atoms with van der Waals surface area (Å²) in [5.74, 6) is -0.274. The molecule has 0 bridgehead atoms. The Hall–Kier alpha value is -1.96. The quantitative estimate of drug-likeness (QED) is 0.742. The maximum absolute atomic E-state index is 13.5. The van der Waals surface area contributed by atoms with E-state index in [0.717, 1.165) is 5.56 Å². The molecule has 0 radical (unpaired) electrons. The zero-order chi connectivity index (χ0) is 19.1. The highest BCUT2D eigenvalue weighted by Crippen LogP contribution is 2.22. The van der Waals surface area contributed by atoms with Gasteiger partial charge in [0.2, 0.25) is 0 Å². The van der Waals surface area contributed by atoms with Crippen LogP contribution in [0.1, 0.15) is 22.5 Å². The fourth-order valence-corrected chi connectivity index (χ4v) is 3.69. The molecule has 0 aliphatic carbocycles. The highest BCUT2D eigenvalue weighted by molar-refractivity contribution is 7.10. The van der Waals surface area contributed by atoms with Crippen LogP contribution in [-0.2, 0) is 0 Å². The zero-order valence-electron chi connectivity index (χ0n) is 15.7. The largest absolute Gasteiger partial charge is 0.336 e. The van der Waals surface area contributed by atoms with Crippen LogP contribution in [0.15, 0.2) is 41.8 Å². The van der Waals surface area contributed by atoms with Crippen molar-refractivity contribution in [2.45, 2.75) is 12.1 Å². The van der Waals surface area contributed by atoms with Gasteiger partial charge in [-0.15, -0.1) is 11.3 Å². The van der Waals surface area contributed by atoms with E-state index in [4.69, 9.17) is 0 Å². The third-order valence-electron chi connectivity index (χ3n) is 4.26. The van der Waals surface area contributed by atoms with Crippen LogP contribution >= 0.6 is 11.3 Å². The first-order valence-electron chi connectivity index (χ1n) is 8.52. The van der Waals surface area contributed by atoms with Gasteiger partial charge in [-0.05, 0) is 57.3 Å². The first-order valence-corrected chi connectivity index (χ1v) is 9.40. The van der Waals surface area contributed by atoms with Gasteiger partial charge in [0.1, 0.15) is 5.82 Å². The summed E-state index contributed by atoms with van der Waals surface area (Å²) >= 11 is 1.68. The lowest BCUT2D eigenvalue weighted by Gasteiger charge is -2.26. The van der Waals surface area contributed by atoms with Gasteiger partial charge in [-0.2, -0.15) is 0 Å². The van der Waals surface area contributed by atoms with Crippen molar-refractivity contribution in [3.8, 4) is 0 Å². The summed E-state index contributed by atoms with van der Waals surface area (Å²) in [5, 5.41) is 7.86. The Bertz CT molecular complexity index is 691. The fourth-order valence-electron chi connectivity index (χ4n) is 2.77. The summed E-state index contributed by atoms with van der Waals surface area (Å²) in [6.07, 6.45) is 0. The molecule has 2 amide bonds. The van der Waals surface area contributed by atoms with Crippen molar-refractivity contribution in [2.24, 2.45) is 0 Å². The second-order valence-corrected chi connectivity index (χ2v) is 7.60. The Kier molecular flexibility index (Phi) is 7.56. The molecule has 2 N–H and O–H groups in total. The summed E-state index contributed by atoms with van der Waals surface area (Å²) in [4.78, 5) is 17.5. The summed E-state index contributed by atoms with van der Waals surface area (Å²) in [6.45, 7) is 0.917. The number of rotatable bonds is 8. The van der Waals surface area contributed by atoms with E-state index in [9.17, 15) is 9.18 Å². The number of carbonyl (C=O) groups is 1. The molecule has 1 heterocycles.